The number of benzene rings is 2. The topological polar surface area (TPSA) is 114 Å². The second-order valence-corrected chi connectivity index (χ2v) is 9.66. The van der Waals surface area contributed by atoms with Crippen molar-refractivity contribution in [1.29, 1.82) is 0 Å². The third-order valence-electron chi connectivity index (χ3n) is 5.42. The fraction of sp³-hybridized carbons (Fsp3) is 0.391. The molecule has 0 aliphatic carbocycles. The molecule has 0 spiro atoms. The number of methoxy groups -OCH3 is 1. The van der Waals surface area contributed by atoms with E-state index in [-0.39, 0.29) is 18.1 Å². The van der Waals surface area contributed by atoms with Gasteiger partial charge in [-0.15, -0.1) is 0 Å². The minimum atomic E-state index is -3.83. The van der Waals surface area contributed by atoms with Gasteiger partial charge in [-0.3, -0.25) is 13.9 Å². The molecule has 0 saturated heterocycles. The summed E-state index contributed by atoms with van der Waals surface area (Å²) in [6, 6.07) is 10.9. The first kappa shape index (κ1) is 25.2. The van der Waals surface area contributed by atoms with Crippen LogP contribution >= 0.6 is 0 Å². The molecule has 1 heterocycles. The number of ether oxygens (including phenoxy) is 3. The van der Waals surface area contributed by atoms with E-state index in [0.29, 0.717) is 30.5 Å². The summed E-state index contributed by atoms with van der Waals surface area (Å²) in [5, 5.41) is 2.54. The minimum absolute atomic E-state index is 0.107. The van der Waals surface area contributed by atoms with Crippen molar-refractivity contribution in [1.82, 2.24) is 10.2 Å². The molecule has 0 fully saturated rings. The first-order valence-electron chi connectivity index (χ1n) is 10.7. The summed E-state index contributed by atoms with van der Waals surface area (Å²) in [6.07, 6.45) is 1.02. The second kappa shape index (κ2) is 10.6. The summed E-state index contributed by atoms with van der Waals surface area (Å²) in [5.41, 5.74) is 1.02. The smallest absolute Gasteiger partial charge is 0.244 e. The maximum atomic E-state index is 13.4. The van der Waals surface area contributed by atoms with Crippen LogP contribution in [-0.4, -0.2) is 71.3 Å². The molecule has 10 nitrogen and oxygen atoms in total. The molecule has 2 aromatic rings. The normalized spacial score (nSPS) is 13.5. The van der Waals surface area contributed by atoms with Gasteiger partial charge in [0.2, 0.25) is 21.8 Å². The lowest BCUT2D eigenvalue weighted by molar-refractivity contribution is -0.139. The van der Waals surface area contributed by atoms with E-state index in [2.05, 4.69) is 5.32 Å². The predicted octanol–water partition coefficient (Wildman–Crippen LogP) is 1.40. The van der Waals surface area contributed by atoms with Gasteiger partial charge < -0.3 is 24.4 Å². The standard InChI is InChI=1S/C23H29N3O7S/c1-16(23(28)24-2)25(14-17-5-8-19(31-3)9-6-17)22(27)15-26(34(4,29)30)18-7-10-20-21(13-18)33-12-11-32-20/h5-10,13,16H,11-12,14-15H2,1-4H3,(H,24,28). The Morgan fingerprint density at radius 2 is 1.74 bits per heavy atom. The Labute approximate surface area is 199 Å². The number of amides is 2. The van der Waals surface area contributed by atoms with Gasteiger partial charge in [-0.25, -0.2) is 8.42 Å². The molecule has 1 aliphatic heterocycles. The lowest BCUT2D eigenvalue weighted by Crippen LogP contribution is -2.50. The zero-order chi connectivity index (χ0) is 24.9. The third-order valence-corrected chi connectivity index (χ3v) is 6.56. The number of likely N-dealkylation sites (N-methyl/N-ethyl adjacent to an activating group) is 1. The zero-order valence-electron chi connectivity index (χ0n) is 19.6. The molecule has 0 saturated carbocycles. The number of fused-ring (bicyclic) bond motifs is 1. The molecule has 1 atom stereocenters. The summed E-state index contributed by atoms with van der Waals surface area (Å²) in [6.45, 7) is 1.95. The van der Waals surface area contributed by atoms with E-state index in [1.807, 2.05) is 0 Å². The van der Waals surface area contributed by atoms with Crippen LogP contribution in [-0.2, 0) is 26.2 Å². The molecule has 1 N–H and O–H groups in total. The molecule has 3 rings (SSSR count). The summed E-state index contributed by atoms with van der Waals surface area (Å²) in [7, 11) is -0.803. The van der Waals surface area contributed by atoms with Crippen LogP contribution in [0.3, 0.4) is 0 Å². The van der Waals surface area contributed by atoms with Crippen molar-refractivity contribution >= 4 is 27.5 Å². The highest BCUT2D eigenvalue weighted by atomic mass is 32.2. The number of rotatable bonds is 9. The van der Waals surface area contributed by atoms with Crippen LogP contribution in [0.5, 0.6) is 17.2 Å². The number of hydrogen-bond acceptors (Lipinski definition) is 7. The van der Waals surface area contributed by atoms with Crippen molar-refractivity contribution < 1.29 is 32.2 Å². The van der Waals surface area contributed by atoms with Gasteiger partial charge in [0.05, 0.1) is 19.1 Å². The monoisotopic (exact) mass is 491 g/mol. The number of carbonyl (C=O) groups is 2. The Kier molecular flexibility index (Phi) is 7.87. The second-order valence-electron chi connectivity index (χ2n) is 7.76. The molecule has 0 aromatic heterocycles. The number of anilines is 1. The Balaban J connectivity index is 1.90. The lowest BCUT2D eigenvalue weighted by atomic mass is 10.1. The zero-order valence-corrected chi connectivity index (χ0v) is 20.4. The van der Waals surface area contributed by atoms with Gasteiger partial charge in [0.1, 0.15) is 31.5 Å². The molecular weight excluding hydrogens is 462 g/mol. The summed E-state index contributed by atoms with van der Waals surface area (Å²) < 4.78 is 42.5. The fourth-order valence-electron chi connectivity index (χ4n) is 3.52. The molecule has 0 radical (unpaired) electrons. The van der Waals surface area contributed by atoms with Crippen LogP contribution in [0.1, 0.15) is 12.5 Å². The first-order valence-corrected chi connectivity index (χ1v) is 12.5. The van der Waals surface area contributed by atoms with E-state index in [1.54, 1.807) is 50.4 Å². The molecule has 1 unspecified atom stereocenters. The number of nitrogens with zero attached hydrogens (tertiary/aromatic N) is 2. The molecule has 1 aliphatic rings. The third kappa shape index (κ3) is 5.90. The van der Waals surface area contributed by atoms with Crippen molar-refractivity contribution in [2.45, 2.75) is 19.5 Å². The van der Waals surface area contributed by atoms with E-state index >= 15 is 0 Å². The quantitative estimate of drug-likeness (QED) is 0.564. The van der Waals surface area contributed by atoms with Crippen LogP contribution in [0.15, 0.2) is 42.5 Å². The van der Waals surface area contributed by atoms with Crippen LogP contribution in [0.4, 0.5) is 5.69 Å². The average molecular weight is 492 g/mol. The van der Waals surface area contributed by atoms with E-state index in [0.717, 1.165) is 16.1 Å². The Hall–Kier alpha value is -3.47. The van der Waals surface area contributed by atoms with Crippen molar-refractivity contribution in [3.63, 3.8) is 0 Å². The highest BCUT2D eigenvalue weighted by Gasteiger charge is 2.30. The minimum Gasteiger partial charge on any atom is -0.497 e. The summed E-state index contributed by atoms with van der Waals surface area (Å²) in [4.78, 5) is 27.1. The van der Waals surface area contributed by atoms with E-state index in [1.165, 1.54) is 18.0 Å². The van der Waals surface area contributed by atoms with Gasteiger partial charge in [-0.1, -0.05) is 12.1 Å². The van der Waals surface area contributed by atoms with Gasteiger partial charge in [-0.05, 0) is 36.8 Å². The number of sulfonamides is 1. The van der Waals surface area contributed by atoms with Gasteiger partial charge in [0, 0.05) is 19.7 Å². The molecular formula is C23H29N3O7S. The highest BCUT2D eigenvalue weighted by Crippen LogP contribution is 2.34. The number of carbonyl (C=O) groups excluding carboxylic acids is 2. The van der Waals surface area contributed by atoms with Crippen LogP contribution < -0.4 is 23.8 Å². The number of hydrogen-bond donors (Lipinski definition) is 1. The van der Waals surface area contributed by atoms with Gasteiger partial charge >= 0.3 is 0 Å². The highest BCUT2D eigenvalue weighted by molar-refractivity contribution is 7.92. The Morgan fingerprint density at radius 1 is 1.09 bits per heavy atom. The van der Waals surface area contributed by atoms with Crippen LogP contribution in [0.2, 0.25) is 0 Å². The SMILES string of the molecule is CNC(=O)C(C)N(Cc1ccc(OC)cc1)C(=O)CN(c1ccc2c(c1)OCCO2)S(C)(=O)=O. The molecule has 2 amide bonds. The molecule has 0 bridgehead atoms. The maximum Gasteiger partial charge on any atom is 0.244 e. The van der Waals surface area contributed by atoms with Crippen LogP contribution in [0.25, 0.3) is 0 Å². The molecule has 2 aromatic carbocycles. The molecule has 11 heteroatoms. The molecule has 184 valence electrons. The van der Waals surface area contributed by atoms with E-state index < -0.39 is 28.5 Å². The molecule has 34 heavy (non-hydrogen) atoms. The fourth-order valence-corrected chi connectivity index (χ4v) is 4.36. The van der Waals surface area contributed by atoms with Crippen molar-refractivity contribution in [3.8, 4) is 17.2 Å². The van der Waals surface area contributed by atoms with Gasteiger partial charge in [0.15, 0.2) is 11.5 Å². The maximum absolute atomic E-state index is 13.4. The predicted molar refractivity (Wildman–Crippen MR) is 127 cm³/mol. The van der Waals surface area contributed by atoms with Gasteiger partial charge in [0.25, 0.3) is 0 Å². The summed E-state index contributed by atoms with van der Waals surface area (Å²) in [5.74, 6) is 0.657. The Morgan fingerprint density at radius 3 is 2.32 bits per heavy atom. The first-order chi connectivity index (χ1) is 16.1. The van der Waals surface area contributed by atoms with Gasteiger partial charge in [-0.2, -0.15) is 0 Å². The van der Waals surface area contributed by atoms with Crippen LogP contribution in [0, 0.1) is 0 Å². The van der Waals surface area contributed by atoms with Crippen molar-refractivity contribution in [2.24, 2.45) is 0 Å². The number of nitrogens with one attached hydrogen (secondary N) is 1. The average Bonchev–Trinajstić information content (AvgIpc) is 2.84. The van der Waals surface area contributed by atoms with E-state index in [9.17, 15) is 18.0 Å². The van der Waals surface area contributed by atoms with Crippen molar-refractivity contribution in [3.05, 3.63) is 48.0 Å². The summed E-state index contributed by atoms with van der Waals surface area (Å²) >= 11 is 0. The van der Waals surface area contributed by atoms with E-state index in [4.69, 9.17) is 14.2 Å². The largest absolute Gasteiger partial charge is 0.497 e. The van der Waals surface area contributed by atoms with Crippen molar-refractivity contribution in [2.75, 3.05) is 44.5 Å². The Bertz CT molecular complexity index is 1140. The lowest BCUT2D eigenvalue weighted by Gasteiger charge is -2.31.